The molecule has 0 aliphatic carbocycles. The predicted molar refractivity (Wildman–Crippen MR) is 165 cm³/mol. The van der Waals surface area contributed by atoms with Gasteiger partial charge in [0.15, 0.2) is 0 Å². The van der Waals surface area contributed by atoms with Gasteiger partial charge in [-0.25, -0.2) is 0 Å². The highest BCUT2D eigenvalue weighted by Gasteiger charge is 2.23. The van der Waals surface area contributed by atoms with Crippen molar-refractivity contribution in [2.75, 3.05) is 4.90 Å². The zero-order chi connectivity index (χ0) is 26.8. The number of hydrogen-bond donors (Lipinski definition) is 0. The Balaban J connectivity index is 1.52. The Hall–Kier alpha value is -5.16. The summed E-state index contributed by atoms with van der Waals surface area (Å²) in [5, 5.41) is 7.58. The van der Waals surface area contributed by atoms with E-state index >= 15 is 0 Å². The number of hydrogen-bond acceptors (Lipinski definition) is 5. The third-order valence-electron chi connectivity index (χ3n) is 7.97. The summed E-state index contributed by atoms with van der Waals surface area (Å²) in [6.07, 6.45) is 7.36. The molecule has 0 aliphatic heterocycles. The first kappa shape index (κ1) is 22.8. The molecule has 0 atom stereocenters. The van der Waals surface area contributed by atoms with Crippen molar-refractivity contribution in [3.63, 3.8) is 0 Å². The zero-order valence-electron chi connectivity index (χ0n) is 22.2. The van der Waals surface area contributed by atoms with Crippen LogP contribution in [0.2, 0.25) is 0 Å². The summed E-state index contributed by atoms with van der Waals surface area (Å²) in [6, 6.07) is 30.0. The Kier molecular flexibility index (Phi) is 4.95. The minimum Gasteiger partial charge on any atom is -0.305 e. The standard InChI is InChI=1S/C35H25N5/c1-21(2)24-11-7-22-9-13-26-29(14-10-23-8-12-25(24)32(22)33(23)26)40(30-15-19-36-27-5-3-17-38-34(27)30)31-16-20-37-28-6-4-18-39-35(28)31/h3-21H,1-2H3. The maximum atomic E-state index is 4.79. The highest BCUT2D eigenvalue weighted by atomic mass is 15.2. The molecule has 0 aliphatic rings. The smallest absolute Gasteiger partial charge is 0.113 e. The van der Waals surface area contributed by atoms with E-state index in [1.54, 1.807) is 0 Å². The summed E-state index contributed by atoms with van der Waals surface area (Å²) in [6.45, 7) is 4.53. The molecule has 8 rings (SSSR count). The molecule has 0 radical (unpaired) electrons. The summed E-state index contributed by atoms with van der Waals surface area (Å²) < 4.78 is 0. The van der Waals surface area contributed by atoms with Crippen LogP contribution >= 0.6 is 0 Å². The van der Waals surface area contributed by atoms with Crippen molar-refractivity contribution in [3.8, 4) is 0 Å². The summed E-state index contributed by atoms with van der Waals surface area (Å²) in [7, 11) is 0. The van der Waals surface area contributed by atoms with Crippen molar-refractivity contribution >= 4 is 71.4 Å². The number of fused-ring (bicyclic) bond motifs is 2. The van der Waals surface area contributed by atoms with Crippen LogP contribution in [0, 0.1) is 0 Å². The molecule has 0 spiro atoms. The third-order valence-corrected chi connectivity index (χ3v) is 7.97. The van der Waals surface area contributed by atoms with Crippen LogP contribution in [0.25, 0.3) is 54.4 Å². The van der Waals surface area contributed by atoms with E-state index in [1.165, 1.54) is 37.9 Å². The minimum atomic E-state index is 0.434. The lowest BCUT2D eigenvalue weighted by molar-refractivity contribution is 0.877. The largest absolute Gasteiger partial charge is 0.305 e. The Bertz CT molecular complexity index is 2130. The lowest BCUT2D eigenvalue weighted by atomic mass is 9.88. The SMILES string of the molecule is CC(C)c1ccc2ccc3c(N(c4ccnc5cccnc45)c4ccnc5cccnc45)ccc4ccc1c2c43. The van der Waals surface area contributed by atoms with Gasteiger partial charge in [-0.1, -0.05) is 56.3 Å². The number of pyridine rings is 4. The molecular weight excluding hydrogens is 490 g/mol. The van der Waals surface area contributed by atoms with Gasteiger partial charge < -0.3 is 4.90 Å². The van der Waals surface area contributed by atoms with Crippen molar-refractivity contribution in [3.05, 3.63) is 115 Å². The average molecular weight is 516 g/mol. The van der Waals surface area contributed by atoms with Gasteiger partial charge in [0.25, 0.3) is 0 Å². The molecule has 4 aromatic heterocycles. The lowest BCUT2D eigenvalue weighted by Gasteiger charge is -2.28. The molecule has 0 bridgehead atoms. The maximum Gasteiger partial charge on any atom is 0.113 e. The third kappa shape index (κ3) is 3.27. The monoisotopic (exact) mass is 515 g/mol. The second kappa shape index (κ2) is 8.68. The number of aromatic nitrogens is 4. The molecule has 5 nitrogen and oxygen atoms in total. The quantitative estimate of drug-likeness (QED) is 0.219. The van der Waals surface area contributed by atoms with Gasteiger partial charge in [-0.15, -0.1) is 0 Å². The van der Waals surface area contributed by atoms with Gasteiger partial charge in [-0.2, -0.15) is 0 Å². The Morgan fingerprint density at radius 2 is 1.05 bits per heavy atom. The van der Waals surface area contributed by atoms with Gasteiger partial charge in [0.1, 0.15) is 11.0 Å². The first-order valence-electron chi connectivity index (χ1n) is 13.6. The molecule has 0 saturated carbocycles. The summed E-state index contributed by atoms with van der Waals surface area (Å²) >= 11 is 0. The molecule has 0 fully saturated rings. The van der Waals surface area contributed by atoms with Crippen LogP contribution in [-0.2, 0) is 0 Å². The van der Waals surface area contributed by atoms with Gasteiger partial charge in [0.05, 0.1) is 28.1 Å². The van der Waals surface area contributed by atoms with Crippen LogP contribution < -0.4 is 4.90 Å². The zero-order valence-corrected chi connectivity index (χ0v) is 22.2. The van der Waals surface area contributed by atoms with Crippen LogP contribution in [0.1, 0.15) is 25.3 Å². The second-order valence-electron chi connectivity index (χ2n) is 10.6. The molecule has 4 heterocycles. The normalized spacial score (nSPS) is 12.0. The number of anilines is 3. The van der Waals surface area contributed by atoms with Crippen LogP contribution in [0.15, 0.2) is 110 Å². The Morgan fingerprint density at radius 3 is 1.68 bits per heavy atom. The fourth-order valence-corrected chi connectivity index (χ4v) is 6.19. The number of benzene rings is 4. The van der Waals surface area contributed by atoms with Gasteiger partial charge in [-0.3, -0.25) is 19.9 Å². The molecule has 4 aromatic carbocycles. The molecule has 40 heavy (non-hydrogen) atoms. The van der Waals surface area contributed by atoms with E-state index in [4.69, 9.17) is 9.97 Å². The van der Waals surface area contributed by atoms with E-state index in [2.05, 4.69) is 77.2 Å². The predicted octanol–water partition coefficient (Wildman–Crippen LogP) is 9.06. The van der Waals surface area contributed by atoms with Crippen molar-refractivity contribution in [1.82, 2.24) is 19.9 Å². The van der Waals surface area contributed by atoms with Gasteiger partial charge in [0, 0.05) is 30.2 Å². The Morgan fingerprint density at radius 1 is 0.500 bits per heavy atom. The fraction of sp³-hybridized carbons (Fsp3) is 0.0857. The molecule has 0 saturated heterocycles. The molecule has 0 amide bonds. The Labute approximate surface area is 231 Å². The van der Waals surface area contributed by atoms with Crippen LogP contribution in [-0.4, -0.2) is 19.9 Å². The summed E-state index contributed by atoms with van der Waals surface area (Å²) in [5.74, 6) is 0.434. The van der Waals surface area contributed by atoms with E-state index in [1.807, 2.05) is 61.2 Å². The summed E-state index contributed by atoms with van der Waals surface area (Å²) in [5.41, 5.74) is 7.68. The van der Waals surface area contributed by atoms with E-state index in [0.717, 1.165) is 39.1 Å². The van der Waals surface area contributed by atoms with Crippen molar-refractivity contribution < 1.29 is 0 Å². The van der Waals surface area contributed by atoms with E-state index in [-0.39, 0.29) is 0 Å². The molecular formula is C35H25N5. The van der Waals surface area contributed by atoms with Crippen molar-refractivity contribution in [1.29, 1.82) is 0 Å². The first-order chi connectivity index (χ1) is 19.7. The highest BCUT2D eigenvalue weighted by Crippen LogP contribution is 2.46. The van der Waals surface area contributed by atoms with Gasteiger partial charge in [-0.05, 0) is 80.9 Å². The van der Waals surface area contributed by atoms with Crippen molar-refractivity contribution in [2.24, 2.45) is 0 Å². The average Bonchev–Trinajstić information content (AvgIpc) is 3.00. The molecule has 5 heteroatoms. The number of nitrogens with zero attached hydrogens (tertiary/aromatic N) is 5. The van der Waals surface area contributed by atoms with E-state index < -0.39 is 0 Å². The molecule has 0 N–H and O–H groups in total. The second-order valence-corrected chi connectivity index (χ2v) is 10.6. The molecule has 0 unspecified atom stereocenters. The van der Waals surface area contributed by atoms with E-state index in [0.29, 0.717) is 5.92 Å². The summed E-state index contributed by atoms with van der Waals surface area (Å²) in [4.78, 5) is 21.1. The van der Waals surface area contributed by atoms with Gasteiger partial charge in [0.2, 0.25) is 0 Å². The molecule has 190 valence electrons. The number of rotatable bonds is 4. The topological polar surface area (TPSA) is 54.8 Å². The van der Waals surface area contributed by atoms with Crippen LogP contribution in [0.4, 0.5) is 17.1 Å². The lowest BCUT2D eigenvalue weighted by Crippen LogP contribution is -2.13. The fourth-order valence-electron chi connectivity index (χ4n) is 6.19. The van der Waals surface area contributed by atoms with Crippen LogP contribution in [0.5, 0.6) is 0 Å². The maximum absolute atomic E-state index is 4.79. The highest BCUT2D eigenvalue weighted by molar-refractivity contribution is 6.26. The first-order valence-corrected chi connectivity index (χ1v) is 13.6. The van der Waals surface area contributed by atoms with Gasteiger partial charge >= 0.3 is 0 Å². The van der Waals surface area contributed by atoms with Crippen molar-refractivity contribution in [2.45, 2.75) is 19.8 Å². The minimum absolute atomic E-state index is 0.434. The molecule has 8 aromatic rings. The van der Waals surface area contributed by atoms with E-state index in [9.17, 15) is 0 Å². The van der Waals surface area contributed by atoms with Crippen LogP contribution in [0.3, 0.4) is 0 Å².